The van der Waals surface area contributed by atoms with E-state index in [4.69, 9.17) is 14.2 Å². The van der Waals surface area contributed by atoms with Gasteiger partial charge in [0.15, 0.2) is 0 Å². The number of rotatable bonds is 5. The van der Waals surface area contributed by atoms with E-state index in [9.17, 15) is 21.6 Å². The Bertz CT molecular complexity index is 3000. The molecule has 0 unspecified atom stereocenters. The summed E-state index contributed by atoms with van der Waals surface area (Å²) >= 11 is 1.56. The Morgan fingerprint density at radius 2 is 1.29 bits per heavy atom. The highest BCUT2D eigenvalue weighted by Crippen LogP contribution is 2.43. The van der Waals surface area contributed by atoms with Crippen molar-refractivity contribution in [3.8, 4) is 39.3 Å². The van der Waals surface area contributed by atoms with Crippen molar-refractivity contribution in [3.63, 3.8) is 0 Å². The average Bonchev–Trinajstić information content (AvgIpc) is 3.53. The molecule has 0 saturated carbocycles. The second-order valence-corrected chi connectivity index (χ2v) is 15.2. The van der Waals surface area contributed by atoms with Crippen molar-refractivity contribution in [2.75, 3.05) is 0 Å². The summed E-state index contributed by atoms with van der Waals surface area (Å²) in [6, 6.07) is 39.8. The quantitative estimate of drug-likeness (QED) is 0.100. The fraction of sp³-hybridized carbons (Fsp3) is 0.0476. The molecule has 0 N–H and O–H groups in total. The van der Waals surface area contributed by atoms with Crippen molar-refractivity contribution in [2.45, 2.75) is 12.4 Å². The van der Waals surface area contributed by atoms with Crippen molar-refractivity contribution in [3.05, 3.63) is 139 Å². The van der Waals surface area contributed by atoms with Crippen LogP contribution in [-0.4, -0.2) is 23.9 Å². The lowest BCUT2D eigenvalue weighted by atomic mass is 9.95. The normalized spacial score (nSPS) is 12.4. The number of hydrogen-bond donors (Lipinski definition) is 0. The molecule has 0 aliphatic heterocycles. The van der Waals surface area contributed by atoms with Crippen LogP contribution in [0.15, 0.2) is 134 Å². The number of hydrogen-bond acceptors (Lipinski definition) is 6. The van der Waals surface area contributed by atoms with E-state index in [2.05, 4.69) is 25.1 Å². The van der Waals surface area contributed by atoms with E-state index in [1.807, 2.05) is 97.1 Å². The minimum atomic E-state index is -5.94. The number of aromatic nitrogens is 2. The Balaban J connectivity index is 1.22. The largest absolute Gasteiger partial charge is 0.534 e. The summed E-state index contributed by atoms with van der Waals surface area (Å²) in [5.74, 6) is -0.451. The lowest BCUT2D eigenvalue weighted by molar-refractivity contribution is -0.0500. The summed E-state index contributed by atoms with van der Waals surface area (Å²) in [6.45, 7) is 2.08. The standard InChI is InChI=1S/C42H25F3N2O3S2/c1-24-9-6-17-35-38(24)32-13-2-3-14-33(32)40-39(35)46-23-36(47-40)26-11-7-10-25(19-26)27-20-28(22-29(21-27)50-52(48,49)42(43,44)45)30-15-8-16-34-31-12-4-5-18-37(31)51-41(30)34/h2-23H,1H3. The van der Waals surface area contributed by atoms with Crippen LogP contribution in [0.4, 0.5) is 13.2 Å². The molecule has 2 heterocycles. The van der Waals surface area contributed by atoms with E-state index in [1.165, 1.54) is 12.1 Å². The van der Waals surface area contributed by atoms with E-state index in [-0.39, 0.29) is 0 Å². The highest BCUT2D eigenvalue weighted by atomic mass is 32.2. The monoisotopic (exact) mass is 726 g/mol. The fourth-order valence-electron chi connectivity index (χ4n) is 7.02. The molecule has 0 bridgehead atoms. The third kappa shape index (κ3) is 5.25. The maximum atomic E-state index is 13.5. The first-order chi connectivity index (χ1) is 25.1. The SMILES string of the molecule is Cc1cccc2c3ncc(-c4cccc(-c5cc(OS(=O)(=O)C(F)(F)F)cc(-c6cccc7c6sc6ccccc67)c5)c4)nc3c3ccccc3c12. The Morgan fingerprint density at radius 1 is 0.635 bits per heavy atom. The second-order valence-electron chi connectivity index (χ2n) is 12.6. The van der Waals surface area contributed by atoms with E-state index < -0.39 is 21.4 Å². The van der Waals surface area contributed by atoms with Crippen LogP contribution in [0.3, 0.4) is 0 Å². The van der Waals surface area contributed by atoms with Gasteiger partial charge in [0.05, 0.1) is 22.9 Å². The summed E-state index contributed by atoms with van der Waals surface area (Å²) < 4.78 is 71.7. The van der Waals surface area contributed by atoms with Gasteiger partial charge in [0.2, 0.25) is 0 Å². The van der Waals surface area contributed by atoms with Crippen LogP contribution in [-0.2, 0) is 10.1 Å². The van der Waals surface area contributed by atoms with Crippen molar-refractivity contribution in [1.29, 1.82) is 0 Å². The van der Waals surface area contributed by atoms with Gasteiger partial charge in [-0.1, -0.05) is 97.1 Å². The molecule has 0 radical (unpaired) electrons. The lowest BCUT2D eigenvalue weighted by Crippen LogP contribution is -2.28. The number of aryl methyl sites for hydroxylation is 1. The zero-order chi connectivity index (χ0) is 35.8. The summed E-state index contributed by atoms with van der Waals surface area (Å²) in [7, 11) is -5.94. The van der Waals surface area contributed by atoms with Gasteiger partial charge in [-0.15, -0.1) is 11.3 Å². The highest BCUT2D eigenvalue weighted by Gasteiger charge is 2.48. The van der Waals surface area contributed by atoms with Gasteiger partial charge in [0.1, 0.15) is 5.75 Å². The van der Waals surface area contributed by atoms with E-state index in [0.29, 0.717) is 22.4 Å². The fourth-order valence-corrected chi connectivity index (χ4v) is 8.70. The summed E-state index contributed by atoms with van der Waals surface area (Å²) in [5, 5.41) is 6.23. The molecule has 254 valence electrons. The molecular formula is C42H25F3N2O3S2. The first-order valence-electron chi connectivity index (χ1n) is 16.3. The number of fused-ring (bicyclic) bond motifs is 9. The molecule has 2 aromatic heterocycles. The highest BCUT2D eigenvalue weighted by molar-refractivity contribution is 7.88. The molecule has 7 aromatic carbocycles. The van der Waals surface area contributed by atoms with Crippen LogP contribution in [0.25, 0.3) is 86.3 Å². The molecule has 0 fully saturated rings. The maximum Gasteiger partial charge on any atom is 0.534 e. The van der Waals surface area contributed by atoms with Crippen LogP contribution in [0.5, 0.6) is 5.75 Å². The van der Waals surface area contributed by atoms with Gasteiger partial charge in [0, 0.05) is 36.5 Å². The van der Waals surface area contributed by atoms with E-state index in [0.717, 1.165) is 69.4 Å². The minimum absolute atomic E-state index is 0.451. The van der Waals surface area contributed by atoms with Crippen LogP contribution in [0.1, 0.15) is 5.56 Å². The van der Waals surface area contributed by atoms with Gasteiger partial charge in [-0.25, -0.2) is 4.98 Å². The van der Waals surface area contributed by atoms with Gasteiger partial charge in [0.25, 0.3) is 0 Å². The predicted molar refractivity (Wildman–Crippen MR) is 204 cm³/mol. The van der Waals surface area contributed by atoms with Gasteiger partial charge in [-0.05, 0) is 75.8 Å². The number of alkyl halides is 3. The molecule has 0 spiro atoms. The van der Waals surface area contributed by atoms with Crippen LogP contribution in [0.2, 0.25) is 0 Å². The minimum Gasteiger partial charge on any atom is -0.376 e. The molecule has 52 heavy (non-hydrogen) atoms. The first kappa shape index (κ1) is 32.1. The smallest absolute Gasteiger partial charge is 0.376 e. The van der Waals surface area contributed by atoms with Crippen LogP contribution in [0, 0.1) is 6.92 Å². The Kier molecular flexibility index (Phi) is 7.32. The molecular weight excluding hydrogens is 702 g/mol. The third-order valence-electron chi connectivity index (χ3n) is 9.35. The molecule has 0 amide bonds. The number of benzene rings is 7. The topological polar surface area (TPSA) is 69.2 Å². The molecule has 9 aromatic rings. The Morgan fingerprint density at radius 3 is 2.12 bits per heavy atom. The zero-order valence-electron chi connectivity index (χ0n) is 27.3. The Hall–Kier alpha value is -5.84. The van der Waals surface area contributed by atoms with Crippen molar-refractivity contribution in [1.82, 2.24) is 9.97 Å². The summed E-state index contributed by atoms with van der Waals surface area (Å²) in [6.07, 6.45) is 1.72. The number of nitrogens with zero attached hydrogens (tertiary/aromatic N) is 2. The van der Waals surface area contributed by atoms with Crippen LogP contribution >= 0.6 is 11.3 Å². The molecule has 9 rings (SSSR count). The number of halogens is 3. The number of thiophene rings is 1. The van der Waals surface area contributed by atoms with Crippen molar-refractivity contribution >= 4 is 74.2 Å². The van der Waals surface area contributed by atoms with Crippen LogP contribution < -0.4 is 4.18 Å². The first-order valence-corrected chi connectivity index (χ1v) is 18.5. The second kappa shape index (κ2) is 11.9. The van der Waals surface area contributed by atoms with Gasteiger partial charge in [-0.3, -0.25) is 4.98 Å². The molecule has 0 aliphatic rings. The van der Waals surface area contributed by atoms with Gasteiger partial charge < -0.3 is 4.18 Å². The van der Waals surface area contributed by atoms with Crippen molar-refractivity contribution in [2.24, 2.45) is 0 Å². The molecule has 0 atom stereocenters. The molecule has 0 aliphatic carbocycles. The molecule has 10 heteroatoms. The predicted octanol–water partition coefficient (Wildman–Crippen LogP) is 11.8. The molecule has 0 saturated heterocycles. The third-order valence-corrected chi connectivity index (χ3v) is 11.6. The van der Waals surface area contributed by atoms with Crippen molar-refractivity contribution < 1.29 is 25.8 Å². The zero-order valence-corrected chi connectivity index (χ0v) is 28.9. The Labute approximate surface area is 299 Å². The summed E-state index contributed by atoms with van der Waals surface area (Å²) in [4.78, 5) is 10.0. The molecule has 5 nitrogen and oxygen atoms in total. The average molecular weight is 727 g/mol. The van der Waals surface area contributed by atoms with Gasteiger partial charge >= 0.3 is 15.6 Å². The van der Waals surface area contributed by atoms with E-state index >= 15 is 0 Å². The lowest BCUT2D eigenvalue weighted by Gasteiger charge is -2.14. The van der Waals surface area contributed by atoms with Gasteiger partial charge in [-0.2, -0.15) is 21.6 Å². The summed E-state index contributed by atoms with van der Waals surface area (Å²) in [5.41, 5.74) is 0.743. The maximum absolute atomic E-state index is 13.5. The van der Waals surface area contributed by atoms with E-state index in [1.54, 1.807) is 17.5 Å².